The number of hydrogen-bond acceptors (Lipinski definition) is 20. The summed E-state index contributed by atoms with van der Waals surface area (Å²) in [4.78, 5) is 35.1. The molecule has 20 nitrogen and oxygen atoms in total. The van der Waals surface area contributed by atoms with Crippen molar-refractivity contribution in [1.29, 1.82) is 0 Å². The number of aliphatic hydroxyl groups is 8. The van der Waals surface area contributed by atoms with E-state index in [2.05, 4.69) is 19.7 Å². The lowest BCUT2D eigenvalue weighted by molar-refractivity contribution is -0.364. The van der Waals surface area contributed by atoms with Gasteiger partial charge in [0.2, 0.25) is 0 Å². The number of esters is 3. The van der Waals surface area contributed by atoms with Crippen LogP contribution in [0.2, 0.25) is 0 Å². The van der Waals surface area contributed by atoms with Crippen LogP contribution < -0.4 is 0 Å². The van der Waals surface area contributed by atoms with Gasteiger partial charge in [-0.05, 0) is 20.8 Å². The standard InChI is InChI=1S/C33H52O20/c1-15(2)29(41)48-11-18(35)8-45-14-22-23(38)24(39)25(40)33(52-22)53-26-21(7-34)51-32(44)28(47-10-20(37)13-50-31(43)17(5)6)27(26)46-9-19(36)12-49-30(42)16(3)4/h18-28,32-40,44H,1,3,5,7-14H2,2,4,6H3/t18?,19?,20?,21-,22-,23+,24+,25-,26-,27+,28-,32+,33+/m1/s1. The molecule has 0 saturated carbocycles. The fourth-order valence-corrected chi connectivity index (χ4v) is 4.69. The fourth-order valence-electron chi connectivity index (χ4n) is 4.69. The summed E-state index contributed by atoms with van der Waals surface area (Å²) >= 11 is 0. The maximum atomic E-state index is 11.8. The second kappa shape index (κ2) is 22.4. The number of carbonyl (C=O) groups excluding carboxylic acids is 3. The maximum Gasteiger partial charge on any atom is 0.333 e. The summed E-state index contributed by atoms with van der Waals surface area (Å²) in [6.07, 6.45) is -20.9. The average Bonchev–Trinajstić information content (AvgIpc) is 3.11. The Balaban J connectivity index is 2.24. The molecule has 13 atom stereocenters. The maximum absolute atomic E-state index is 11.8. The molecule has 20 heteroatoms. The second-order valence-corrected chi connectivity index (χ2v) is 12.6. The van der Waals surface area contributed by atoms with Gasteiger partial charge < -0.3 is 83.5 Å². The normalized spacial score (nSPS) is 30.4. The molecule has 0 bridgehead atoms. The summed E-state index contributed by atoms with van der Waals surface area (Å²) in [5.74, 6) is -2.31. The molecule has 0 aromatic heterocycles. The molecule has 2 fully saturated rings. The summed E-state index contributed by atoms with van der Waals surface area (Å²) in [7, 11) is 0. The molecular formula is C33H52O20. The highest BCUT2D eigenvalue weighted by molar-refractivity contribution is 5.87. The largest absolute Gasteiger partial charge is 0.460 e. The fraction of sp³-hybridized carbons (Fsp3) is 0.727. The molecule has 8 N–H and O–H groups in total. The molecule has 2 rings (SSSR count). The highest BCUT2D eigenvalue weighted by Crippen LogP contribution is 2.31. The average molecular weight is 769 g/mol. The van der Waals surface area contributed by atoms with Gasteiger partial charge in [0.15, 0.2) is 12.6 Å². The SMILES string of the molecule is C=C(C)C(=O)OCC(O)COC[C@H]1O[C@@H](O[C@H]2[C@H](OCC(O)COC(=O)C(=C)C)[C@@H](OCC(O)COC(=O)C(=C)C)[C@@H](O)O[C@@H]2CO)[C@H](O)[C@@H](O)[C@H]1O. The molecule has 2 aliphatic heterocycles. The van der Waals surface area contributed by atoms with Crippen LogP contribution in [0.25, 0.3) is 0 Å². The van der Waals surface area contributed by atoms with E-state index < -0.39 is 150 Å². The van der Waals surface area contributed by atoms with Gasteiger partial charge in [-0.15, -0.1) is 0 Å². The molecular weight excluding hydrogens is 716 g/mol. The van der Waals surface area contributed by atoms with Crippen molar-refractivity contribution in [1.82, 2.24) is 0 Å². The lowest BCUT2D eigenvalue weighted by Gasteiger charge is -2.47. The van der Waals surface area contributed by atoms with Crippen molar-refractivity contribution in [2.75, 3.05) is 52.9 Å². The molecule has 53 heavy (non-hydrogen) atoms. The van der Waals surface area contributed by atoms with E-state index in [0.29, 0.717) is 0 Å². The number of hydrogen-bond donors (Lipinski definition) is 8. The molecule has 0 radical (unpaired) electrons. The highest BCUT2D eigenvalue weighted by atomic mass is 16.7. The van der Waals surface area contributed by atoms with Crippen molar-refractivity contribution >= 4 is 17.9 Å². The van der Waals surface area contributed by atoms with Crippen molar-refractivity contribution in [2.24, 2.45) is 0 Å². The van der Waals surface area contributed by atoms with Crippen LogP contribution >= 0.6 is 0 Å². The third-order valence-corrected chi connectivity index (χ3v) is 7.57. The van der Waals surface area contributed by atoms with Crippen molar-refractivity contribution in [3.63, 3.8) is 0 Å². The Morgan fingerprint density at radius 1 is 0.604 bits per heavy atom. The first-order chi connectivity index (χ1) is 24.9. The van der Waals surface area contributed by atoms with Crippen LogP contribution in [0.15, 0.2) is 36.5 Å². The zero-order valence-corrected chi connectivity index (χ0v) is 29.8. The van der Waals surface area contributed by atoms with Gasteiger partial charge in [-0.3, -0.25) is 0 Å². The van der Waals surface area contributed by atoms with Gasteiger partial charge in [0.05, 0.1) is 33.0 Å². The summed E-state index contributed by atoms with van der Waals surface area (Å²) in [6, 6.07) is 0. The van der Waals surface area contributed by atoms with E-state index in [4.69, 9.17) is 42.6 Å². The van der Waals surface area contributed by atoms with Gasteiger partial charge in [0, 0.05) is 16.7 Å². The summed E-state index contributed by atoms with van der Waals surface area (Å²) in [5.41, 5.74) is 0.248. The Kier molecular flexibility index (Phi) is 19.6. The van der Waals surface area contributed by atoms with E-state index in [1.165, 1.54) is 20.8 Å². The van der Waals surface area contributed by atoms with Crippen LogP contribution in [0, 0.1) is 0 Å². The predicted octanol–water partition coefficient (Wildman–Crippen LogP) is -3.88. The number of carbonyl (C=O) groups is 3. The van der Waals surface area contributed by atoms with E-state index in [1.54, 1.807) is 0 Å². The van der Waals surface area contributed by atoms with Crippen LogP contribution in [0.5, 0.6) is 0 Å². The second-order valence-electron chi connectivity index (χ2n) is 12.6. The van der Waals surface area contributed by atoms with E-state index in [1.807, 2.05) is 0 Å². The van der Waals surface area contributed by atoms with Crippen molar-refractivity contribution < 1.29 is 97.9 Å². The summed E-state index contributed by atoms with van der Waals surface area (Å²) in [6.45, 7) is 10.1. The van der Waals surface area contributed by atoms with Crippen LogP contribution in [0.1, 0.15) is 20.8 Å². The molecule has 0 aromatic carbocycles. The van der Waals surface area contributed by atoms with E-state index >= 15 is 0 Å². The lowest BCUT2D eigenvalue weighted by atomic mass is 9.96. The Morgan fingerprint density at radius 3 is 1.51 bits per heavy atom. The Bertz CT molecular complexity index is 1230. The van der Waals surface area contributed by atoms with Gasteiger partial charge in [0.1, 0.15) is 87.0 Å². The van der Waals surface area contributed by atoms with Gasteiger partial charge in [-0.2, -0.15) is 0 Å². The van der Waals surface area contributed by atoms with Crippen LogP contribution in [-0.4, -0.2) is 191 Å². The summed E-state index contributed by atoms with van der Waals surface area (Å²) in [5, 5.41) is 84.0. The number of ether oxygens (including phenoxy) is 9. The Morgan fingerprint density at radius 2 is 1.06 bits per heavy atom. The molecule has 2 saturated heterocycles. The minimum Gasteiger partial charge on any atom is -0.460 e. The minimum absolute atomic E-state index is 0.0631. The van der Waals surface area contributed by atoms with Crippen LogP contribution in [-0.2, 0) is 57.0 Å². The molecule has 0 aromatic rings. The third-order valence-electron chi connectivity index (χ3n) is 7.57. The molecule has 3 unspecified atom stereocenters. The summed E-state index contributed by atoms with van der Waals surface area (Å²) < 4.78 is 48.7. The Labute approximate surface area is 305 Å². The zero-order valence-electron chi connectivity index (χ0n) is 29.8. The Hall–Kier alpha value is -2.93. The van der Waals surface area contributed by atoms with E-state index in [9.17, 15) is 55.2 Å². The first-order valence-electron chi connectivity index (χ1n) is 16.5. The predicted molar refractivity (Wildman–Crippen MR) is 175 cm³/mol. The molecule has 0 amide bonds. The van der Waals surface area contributed by atoms with Crippen LogP contribution in [0.4, 0.5) is 0 Å². The zero-order chi connectivity index (χ0) is 40.0. The van der Waals surface area contributed by atoms with Crippen LogP contribution in [0.3, 0.4) is 0 Å². The van der Waals surface area contributed by atoms with Gasteiger partial charge >= 0.3 is 17.9 Å². The molecule has 304 valence electrons. The first kappa shape index (κ1) is 46.2. The van der Waals surface area contributed by atoms with E-state index in [0.717, 1.165) is 0 Å². The van der Waals surface area contributed by atoms with Crippen molar-refractivity contribution in [3.8, 4) is 0 Å². The topological polar surface area (TPSA) is 296 Å². The number of rotatable bonds is 22. The molecule has 2 aliphatic rings. The molecule has 0 spiro atoms. The van der Waals surface area contributed by atoms with Crippen molar-refractivity contribution in [2.45, 2.75) is 100 Å². The van der Waals surface area contributed by atoms with E-state index in [-0.39, 0.29) is 16.7 Å². The monoisotopic (exact) mass is 768 g/mol. The first-order valence-corrected chi connectivity index (χ1v) is 16.5. The molecule has 0 aliphatic carbocycles. The highest BCUT2D eigenvalue weighted by Gasteiger charge is 2.52. The quantitative estimate of drug-likeness (QED) is 0.0297. The third kappa shape index (κ3) is 14.7. The van der Waals surface area contributed by atoms with Gasteiger partial charge in [0.25, 0.3) is 0 Å². The minimum atomic E-state index is -1.93. The smallest absolute Gasteiger partial charge is 0.333 e. The lowest BCUT2D eigenvalue weighted by Crippen LogP contribution is -2.65. The van der Waals surface area contributed by atoms with Gasteiger partial charge in [-0.1, -0.05) is 19.7 Å². The van der Waals surface area contributed by atoms with Crippen molar-refractivity contribution in [3.05, 3.63) is 36.5 Å². The molecule has 2 heterocycles. The van der Waals surface area contributed by atoms with Gasteiger partial charge in [-0.25, -0.2) is 14.4 Å². The number of aliphatic hydroxyl groups excluding tert-OH is 8.